The van der Waals surface area contributed by atoms with Crippen molar-refractivity contribution in [3.8, 4) is 0 Å². The molecule has 1 aromatic rings. The summed E-state index contributed by atoms with van der Waals surface area (Å²) in [6.45, 7) is 0.681. The molecule has 0 aromatic heterocycles. The molecule has 1 amide bonds. The van der Waals surface area contributed by atoms with E-state index >= 15 is 0 Å². The number of halogens is 3. The SMILES string of the molecule is CO[C@H]1CN[C@@H](C(=O)NCc2ccccc2CC(F)(F)F)C1. The maximum absolute atomic E-state index is 12.5. The highest BCUT2D eigenvalue weighted by Crippen LogP contribution is 2.23. The summed E-state index contributed by atoms with van der Waals surface area (Å²) in [4.78, 5) is 12.0. The van der Waals surface area contributed by atoms with Gasteiger partial charge in [-0.15, -0.1) is 0 Å². The molecule has 1 fully saturated rings. The van der Waals surface area contributed by atoms with Crippen LogP contribution in [-0.2, 0) is 22.5 Å². The van der Waals surface area contributed by atoms with Gasteiger partial charge >= 0.3 is 6.18 Å². The smallest absolute Gasteiger partial charge is 0.380 e. The van der Waals surface area contributed by atoms with Crippen LogP contribution >= 0.6 is 0 Å². The summed E-state index contributed by atoms with van der Waals surface area (Å²) < 4.78 is 42.8. The number of amides is 1. The van der Waals surface area contributed by atoms with Crippen LogP contribution in [0.2, 0.25) is 0 Å². The summed E-state index contributed by atoms with van der Waals surface area (Å²) in [5, 5.41) is 5.72. The minimum Gasteiger partial charge on any atom is -0.380 e. The molecule has 1 aliphatic heterocycles. The highest BCUT2D eigenvalue weighted by atomic mass is 19.4. The van der Waals surface area contributed by atoms with Gasteiger partial charge in [0.1, 0.15) is 0 Å². The highest BCUT2D eigenvalue weighted by molar-refractivity contribution is 5.82. The minimum atomic E-state index is -4.27. The zero-order chi connectivity index (χ0) is 16.2. The zero-order valence-electron chi connectivity index (χ0n) is 12.2. The zero-order valence-corrected chi connectivity index (χ0v) is 12.2. The fourth-order valence-electron chi connectivity index (χ4n) is 2.51. The Morgan fingerprint density at radius 3 is 2.64 bits per heavy atom. The van der Waals surface area contributed by atoms with Crippen LogP contribution < -0.4 is 10.6 Å². The predicted octanol–water partition coefficient (Wildman–Crippen LogP) is 1.78. The van der Waals surface area contributed by atoms with Crippen molar-refractivity contribution < 1.29 is 22.7 Å². The Morgan fingerprint density at radius 1 is 1.36 bits per heavy atom. The lowest BCUT2D eigenvalue weighted by molar-refractivity contribution is -0.127. The first-order chi connectivity index (χ1) is 10.4. The molecule has 0 radical (unpaired) electrons. The van der Waals surface area contributed by atoms with Crippen molar-refractivity contribution in [1.82, 2.24) is 10.6 Å². The fourth-order valence-corrected chi connectivity index (χ4v) is 2.51. The number of rotatable bonds is 5. The van der Waals surface area contributed by atoms with E-state index in [1.165, 1.54) is 6.07 Å². The summed E-state index contributed by atoms with van der Waals surface area (Å²) in [6.07, 6.45) is -4.70. The van der Waals surface area contributed by atoms with Crippen molar-refractivity contribution in [2.45, 2.75) is 37.7 Å². The van der Waals surface area contributed by atoms with Gasteiger partial charge in [0.2, 0.25) is 5.91 Å². The van der Waals surface area contributed by atoms with E-state index in [0.717, 1.165) is 0 Å². The van der Waals surface area contributed by atoms with Gasteiger partial charge in [0.15, 0.2) is 0 Å². The van der Waals surface area contributed by atoms with Gasteiger partial charge in [-0.1, -0.05) is 24.3 Å². The molecule has 0 spiro atoms. The molecule has 122 valence electrons. The third-order valence-electron chi connectivity index (χ3n) is 3.70. The summed E-state index contributed by atoms with van der Waals surface area (Å²) in [6, 6.07) is 5.90. The first kappa shape index (κ1) is 16.8. The molecule has 2 atom stereocenters. The number of hydrogen-bond donors (Lipinski definition) is 2. The topological polar surface area (TPSA) is 50.4 Å². The van der Waals surface area contributed by atoms with Crippen molar-refractivity contribution in [2.24, 2.45) is 0 Å². The van der Waals surface area contributed by atoms with Crippen LogP contribution in [0.4, 0.5) is 13.2 Å². The summed E-state index contributed by atoms with van der Waals surface area (Å²) in [7, 11) is 1.58. The third-order valence-corrected chi connectivity index (χ3v) is 3.70. The Labute approximate surface area is 127 Å². The highest BCUT2D eigenvalue weighted by Gasteiger charge is 2.30. The number of methoxy groups -OCH3 is 1. The lowest BCUT2D eigenvalue weighted by Crippen LogP contribution is -2.40. The average molecular weight is 316 g/mol. The van der Waals surface area contributed by atoms with Gasteiger partial charge in [0.25, 0.3) is 0 Å². The monoisotopic (exact) mass is 316 g/mol. The standard InChI is InChI=1S/C15H19F3N2O2/c1-22-12-6-13(19-9-12)14(21)20-8-11-5-3-2-4-10(11)7-15(16,17)18/h2-5,12-13,19H,6-9H2,1H3,(H,20,21)/t12-,13-/m1/s1. The average Bonchev–Trinajstić information content (AvgIpc) is 2.93. The number of carbonyl (C=O) groups excluding carboxylic acids is 1. The van der Waals surface area contributed by atoms with Crippen LogP contribution in [0.3, 0.4) is 0 Å². The van der Waals surface area contributed by atoms with E-state index in [1.54, 1.807) is 25.3 Å². The molecule has 7 heteroatoms. The number of nitrogens with one attached hydrogen (secondary N) is 2. The maximum atomic E-state index is 12.5. The van der Waals surface area contributed by atoms with Gasteiger partial charge in [0, 0.05) is 20.2 Å². The fraction of sp³-hybridized carbons (Fsp3) is 0.533. The molecule has 2 N–H and O–H groups in total. The Hall–Kier alpha value is -1.60. The molecule has 1 aromatic carbocycles. The second-order valence-electron chi connectivity index (χ2n) is 5.33. The van der Waals surface area contributed by atoms with Crippen LogP contribution in [0, 0.1) is 0 Å². The molecular formula is C15H19F3N2O2. The van der Waals surface area contributed by atoms with Crippen LogP contribution in [0.5, 0.6) is 0 Å². The Morgan fingerprint density at radius 2 is 2.05 bits per heavy atom. The minimum absolute atomic E-state index is 0.00624. The molecule has 22 heavy (non-hydrogen) atoms. The van der Waals surface area contributed by atoms with Crippen LogP contribution in [0.1, 0.15) is 17.5 Å². The van der Waals surface area contributed by atoms with Gasteiger partial charge in [-0.3, -0.25) is 4.79 Å². The van der Waals surface area contributed by atoms with Crippen molar-refractivity contribution in [3.05, 3.63) is 35.4 Å². The Bertz CT molecular complexity index is 520. The van der Waals surface area contributed by atoms with Crippen molar-refractivity contribution in [3.63, 3.8) is 0 Å². The number of benzene rings is 1. The van der Waals surface area contributed by atoms with Gasteiger partial charge < -0.3 is 15.4 Å². The summed E-state index contributed by atoms with van der Waals surface area (Å²) in [5.41, 5.74) is 0.666. The molecular weight excluding hydrogens is 297 g/mol. The molecule has 2 rings (SSSR count). The number of hydrogen-bond acceptors (Lipinski definition) is 3. The van der Waals surface area contributed by atoms with E-state index in [2.05, 4.69) is 10.6 Å². The van der Waals surface area contributed by atoms with Gasteiger partial charge in [-0.2, -0.15) is 13.2 Å². The molecule has 4 nitrogen and oxygen atoms in total. The number of ether oxygens (including phenoxy) is 1. The molecule has 0 bridgehead atoms. The lowest BCUT2D eigenvalue weighted by atomic mass is 10.0. The van der Waals surface area contributed by atoms with Crippen LogP contribution in [0.15, 0.2) is 24.3 Å². The largest absolute Gasteiger partial charge is 0.393 e. The summed E-state index contributed by atoms with van der Waals surface area (Å²) >= 11 is 0. The van der Waals surface area contributed by atoms with Crippen molar-refractivity contribution in [1.29, 1.82) is 0 Å². The molecule has 0 saturated carbocycles. The second-order valence-corrected chi connectivity index (χ2v) is 5.33. The van der Waals surface area contributed by atoms with E-state index in [9.17, 15) is 18.0 Å². The van der Waals surface area contributed by atoms with E-state index in [-0.39, 0.29) is 30.2 Å². The van der Waals surface area contributed by atoms with E-state index in [0.29, 0.717) is 18.5 Å². The summed E-state index contributed by atoms with van der Waals surface area (Å²) in [5.74, 6) is -0.221. The normalized spacial score (nSPS) is 21.8. The first-order valence-electron chi connectivity index (χ1n) is 7.06. The molecule has 0 aliphatic carbocycles. The number of carbonyl (C=O) groups is 1. The lowest BCUT2D eigenvalue weighted by Gasteiger charge is -2.14. The second kappa shape index (κ2) is 7.11. The van der Waals surface area contributed by atoms with E-state index in [4.69, 9.17) is 4.74 Å². The van der Waals surface area contributed by atoms with E-state index < -0.39 is 12.6 Å². The van der Waals surface area contributed by atoms with Gasteiger partial charge in [-0.25, -0.2) is 0 Å². The van der Waals surface area contributed by atoms with Gasteiger partial charge in [0.05, 0.1) is 18.6 Å². The third kappa shape index (κ3) is 4.71. The van der Waals surface area contributed by atoms with Crippen LogP contribution in [-0.4, -0.2) is 37.9 Å². The molecule has 1 saturated heterocycles. The maximum Gasteiger partial charge on any atom is 0.393 e. The van der Waals surface area contributed by atoms with Crippen LogP contribution in [0.25, 0.3) is 0 Å². The quantitative estimate of drug-likeness (QED) is 0.871. The molecule has 1 heterocycles. The van der Waals surface area contributed by atoms with Gasteiger partial charge in [-0.05, 0) is 17.5 Å². The van der Waals surface area contributed by atoms with Crippen molar-refractivity contribution in [2.75, 3.05) is 13.7 Å². The first-order valence-corrected chi connectivity index (χ1v) is 7.06. The Balaban J connectivity index is 1.93. The number of alkyl halides is 3. The molecule has 0 unspecified atom stereocenters. The Kier molecular flexibility index (Phi) is 5.42. The molecule has 1 aliphatic rings. The van der Waals surface area contributed by atoms with Crippen molar-refractivity contribution >= 4 is 5.91 Å². The predicted molar refractivity (Wildman–Crippen MR) is 75.3 cm³/mol. The van der Waals surface area contributed by atoms with E-state index in [1.807, 2.05) is 0 Å².